The van der Waals surface area contributed by atoms with E-state index in [2.05, 4.69) is 20.5 Å². The summed E-state index contributed by atoms with van der Waals surface area (Å²) in [7, 11) is 2.69. The standard InChI is InChI=1S/C37H55BN3O18P/c1-22(42)41-30-33(56-25(4)45)32(55-24(3)44)29(20-52-23(2)43)58-35(30)51-18-11-7-10-16-39-36(46)40-17-12-15-27-31(59-60(48,49)50-5)28(57-34(27)38)21-54-37(47)53-19-26-13-8-6-9-14-26/h6,8-9,13-14,27-35H,7,10-12,15-21H2,1-5H3,(H,41,42)(H,48,49)(H2,39,40,46)/t27-,28+,29+,30+,31?,32-,33+,34+,35+/m0/s1. The Kier molecular flexibility index (Phi) is 21.2. The second-order valence-electron chi connectivity index (χ2n) is 13.8. The maximum Gasteiger partial charge on any atom is 0.508 e. The summed E-state index contributed by atoms with van der Waals surface area (Å²) in [5, 5.41) is 8.12. The smallest absolute Gasteiger partial charge is 0.463 e. The van der Waals surface area contributed by atoms with Crippen LogP contribution in [0.5, 0.6) is 0 Å². The molecule has 0 saturated carbocycles. The lowest BCUT2D eigenvalue weighted by Crippen LogP contribution is -2.66. The van der Waals surface area contributed by atoms with Crippen LogP contribution in [0.3, 0.4) is 0 Å². The predicted octanol–water partition coefficient (Wildman–Crippen LogP) is 1.90. The lowest BCUT2D eigenvalue weighted by Gasteiger charge is -2.44. The van der Waals surface area contributed by atoms with Crippen LogP contribution < -0.4 is 16.0 Å². The average molecular weight is 872 g/mol. The summed E-state index contributed by atoms with van der Waals surface area (Å²) in [4.78, 5) is 82.3. The van der Waals surface area contributed by atoms with Crippen LogP contribution in [-0.2, 0) is 77.3 Å². The lowest BCUT2D eigenvalue weighted by atomic mass is 9.82. The molecule has 10 atom stereocenters. The molecule has 1 aromatic rings. The molecule has 2 heterocycles. The van der Waals surface area contributed by atoms with E-state index in [1.54, 1.807) is 24.3 Å². The summed E-state index contributed by atoms with van der Waals surface area (Å²) >= 11 is 0. The van der Waals surface area contributed by atoms with Crippen molar-refractivity contribution in [1.29, 1.82) is 0 Å². The Bertz CT molecular complexity index is 1610. The summed E-state index contributed by atoms with van der Waals surface area (Å²) in [6, 6.07) is 6.48. The van der Waals surface area contributed by atoms with Gasteiger partial charge in [0.2, 0.25) is 5.91 Å². The Morgan fingerprint density at radius 1 is 0.783 bits per heavy atom. The maximum absolute atomic E-state index is 12.5. The van der Waals surface area contributed by atoms with Crippen LogP contribution >= 0.6 is 7.82 Å². The van der Waals surface area contributed by atoms with Gasteiger partial charge in [-0.25, -0.2) is 14.2 Å². The van der Waals surface area contributed by atoms with Crippen molar-refractivity contribution in [3.8, 4) is 0 Å². The van der Waals surface area contributed by atoms with E-state index in [0.29, 0.717) is 38.6 Å². The van der Waals surface area contributed by atoms with Crippen molar-refractivity contribution in [2.75, 3.05) is 40.0 Å². The van der Waals surface area contributed by atoms with Crippen LogP contribution in [0, 0.1) is 5.92 Å². The van der Waals surface area contributed by atoms with Crippen LogP contribution in [0.4, 0.5) is 9.59 Å². The third-order valence-corrected chi connectivity index (χ3v) is 10.0. The molecule has 0 spiro atoms. The molecule has 1 aromatic carbocycles. The van der Waals surface area contributed by atoms with Gasteiger partial charge in [0.05, 0.1) is 0 Å². The Labute approximate surface area is 349 Å². The molecule has 0 aliphatic carbocycles. The third kappa shape index (κ3) is 17.7. The van der Waals surface area contributed by atoms with Gasteiger partial charge in [-0.05, 0) is 37.7 Å². The van der Waals surface area contributed by atoms with Gasteiger partial charge in [0, 0.05) is 66.4 Å². The summed E-state index contributed by atoms with van der Waals surface area (Å²) in [6.45, 7) is 4.62. The lowest BCUT2D eigenvalue weighted by molar-refractivity contribution is -0.277. The molecular formula is C37H55BN3O18P. The quantitative estimate of drug-likeness (QED) is 0.0402. The molecule has 2 radical (unpaired) electrons. The molecule has 3 rings (SSSR count). The highest BCUT2D eigenvalue weighted by atomic mass is 31.2. The molecule has 2 aliphatic rings. The topological polar surface area (TPSA) is 268 Å². The van der Waals surface area contributed by atoms with E-state index in [0.717, 1.165) is 26.5 Å². The number of carbonyl (C=O) groups excluding carboxylic acids is 6. The molecule has 21 nitrogen and oxygen atoms in total. The number of benzene rings is 1. The summed E-state index contributed by atoms with van der Waals surface area (Å²) in [5.41, 5.74) is 0.748. The first-order valence-corrected chi connectivity index (χ1v) is 20.8. The van der Waals surface area contributed by atoms with E-state index in [1.807, 2.05) is 6.07 Å². The van der Waals surface area contributed by atoms with Gasteiger partial charge in [-0.2, -0.15) is 0 Å². The second kappa shape index (κ2) is 25.5. The van der Waals surface area contributed by atoms with Crippen LogP contribution in [0.15, 0.2) is 30.3 Å². The van der Waals surface area contributed by atoms with Crippen molar-refractivity contribution >= 4 is 51.7 Å². The first-order valence-electron chi connectivity index (χ1n) is 19.3. The number of amides is 3. The Hall–Kier alpha value is -4.31. The zero-order chi connectivity index (χ0) is 44.2. The molecule has 0 bridgehead atoms. The minimum Gasteiger partial charge on any atom is -0.463 e. The zero-order valence-corrected chi connectivity index (χ0v) is 35.2. The number of nitrogens with one attached hydrogen (secondary N) is 3. The van der Waals surface area contributed by atoms with E-state index >= 15 is 0 Å². The molecular weight excluding hydrogens is 816 g/mol. The van der Waals surface area contributed by atoms with E-state index in [1.165, 1.54) is 13.8 Å². The van der Waals surface area contributed by atoms with Crippen LogP contribution in [0.25, 0.3) is 0 Å². The van der Waals surface area contributed by atoms with Crippen molar-refractivity contribution in [2.45, 2.75) is 115 Å². The van der Waals surface area contributed by atoms with Gasteiger partial charge in [0.15, 0.2) is 18.5 Å². The van der Waals surface area contributed by atoms with E-state index < -0.39 is 98.6 Å². The maximum atomic E-state index is 12.5. The predicted molar refractivity (Wildman–Crippen MR) is 207 cm³/mol. The first kappa shape index (κ1) is 50.1. The highest BCUT2D eigenvalue weighted by Crippen LogP contribution is 2.48. The van der Waals surface area contributed by atoms with Gasteiger partial charge in [0.1, 0.15) is 52.0 Å². The van der Waals surface area contributed by atoms with E-state index in [4.69, 9.17) is 50.3 Å². The highest BCUT2D eigenvalue weighted by Gasteiger charge is 2.51. The molecule has 3 amide bonds. The van der Waals surface area contributed by atoms with Crippen LogP contribution in [0.1, 0.15) is 65.4 Å². The number of phosphoric acid groups is 1. The van der Waals surface area contributed by atoms with Crippen LogP contribution in [-0.4, -0.2) is 138 Å². The Morgan fingerprint density at radius 3 is 2.05 bits per heavy atom. The minimum absolute atomic E-state index is 0.0241. The van der Waals surface area contributed by atoms with Gasteiger partial charge in [0.25, 0.3) is 0 Å². The van der Waals surface area contributed by atoms with Crippen molar-refractivity contribution in [3.63, 3.8) is 0 Å². The SMILES string of the molecule is [B][C@@H]1O[C@H](COC(=O)OCc2ccccc2)C(OP(=O)(O)OC)[C@@H]1CCCNC(=O)NCCCCCO[C@@H]1O[C@H](COC(C)=O)[C@H](OC(C)=O)[C@H](OC(C)=O)[C@H]1NC(C)=O. The number of hydrogen-bond acceptors (Lipinski definition) is 17. The van der Waals surface area contributed by atoms with E-state index in [-0.39, 0.29) is 33.0 Å². The van der Waals surface area contributed by atoms with Gasteiger partial charge in [-0.15, -0.1) is 0 Å². The van der Waals surface area contributed by atoms with Gasteiger partial charge < -0.3 is 58.7 Å². The van der Waals surface area contributed by atoms with Gasteiger partial charge in [-0.3, -0.25) is 28.2 Å². The first-order chi connectivity index (χ1) is 28.5. The van der Waals surface area contributed by atoms with Crippen molar-refractivity contribution in [2.24, 2.45) is 5.92 Å². The molecule has 60 heavy (non-hydrogen) atoms. The molecule has 334 valence electrons. The number of rotatable bonds is 23. The number of esters is 3. The number of unbranched alkanes of at least 4 members (excludes halogenated alkanes) is 2. The monoisotopic (exact) mass is 871 g/mol. The normalized spacial score (nSPS) is 25.8. The Balaban J connectivity index is 1.42. The van der Waals surface area contributed by atoms with Crippen molar-refractivity contribution in [1.82, 2.24) is 16.0 Å². The largest absolute Gasteiger partial charge is 0.508 e. The molecule has 2 saturated heterocycles. The number of ether oxygens (including phenoxy) is 8. The summed E-state index contributed by atoms with van der Waals surface area (Å²) < 4.78 is 66.1. The van der Waals surface area contributed by atoms with E-state index in [9.17, 15) is 38.2 Å². The number of phosphoric ester groups is 1. The van der Waals surface area contributed by atoms with Gasteiger partial charge >= 0.3 is 37.9 Å². The fourth-order valence-electron chi connectivity index (χ4n) is 6.40. The number of hydrogen-bond donors (Lipinski definition) is 4. The second-order valence-corrected chi connectivity index (χ2v) is 15.3. The van der Waals surface area contributed by atoms with Crippen LogP contribution in [0.2, 0.25) is 0 Å². The summed E-state index contributed by atoms with van der Waals surface area (Å²) in [5.74, 6) is -3.19. The van der Waals surface area contributed by atoms with Crippen molar-refractivity contribution in [3.05, 3.63) is 35.9 Å². The number of carbonyl (C=O) groups is 6. The molecule has 23 heteroatoms. The molecule has 2 aliphatic heterocycles. The minimum atomic E-state index is -4.50. The molecule has 2 unspecified atom stereocenters. The average Bonchev–Trinajstić information content (AvgIpc) is 3.47. The molecule has 4 N–H and O–H groups in total. The fraction of sp³-hybridized carbons (Fsp3) is 0.676. The zero-order valence-electron chi connectivity index (χ0n) is 34.3. The van der Waals surface area contributed by atoms with Gasteiger partial charge in [-0.1, -0.05) is 30.3 Å². The summed E-state index contributed by atoms with van der Waals surface area (Å²) in [6.07, 6.45) is -5.47. The number of urea groups is 1. The Morgan fingerprint density at radius 2 is 1.42 bits per heavy atom. The third-order valence-electron chi connectivity index (χ3n) is 9.05. The fourth-order valence-corrected chi connectivity index (χ4v) is 7.08. The van der Waals surface area contributed by atoms with Crippen molar-refractivity contribution < 1.29 is 85.2 Å². The molecule has 0 aromatic heterocycles. The molecule has 2 fully saturated rings. The highest BCUT2D eigenvalue weighted by molar-refractivity contribution is 7.47.